The van der Waals surface area contributed by atoms with Crippen LogP contribution in [0, 0.1) is 6.92 Å². The Hall–Kier alpha value is -2.70. The Labute approximate surface area is 133 Å². The highest BCUT2D eigenvalue weighted by molar-refractivity contribution is 5.94. The minimum Gasteiger partial charge on any atom is -0.480 e. The molecule has 0 spiro atoms. The van der Waals surface area contributed by atoms with Gasteiger partial charge >= 0.3 is 5.97 Å². The molecule has 0 radical (unpaired) electrons. The summed E-state index contributed by atoms with van der Waals surface area (Å²) in [5.41, 5.74) is 2.05. The molecule has 1 atom stereocenters. The molecule has 23 heavy (non-hydrogen) atoms. The smallest absolute Gasteiger partial charge is 0.326 e. The van der Waals surface area contributed by atoms with Crippen LogP contribution in [-0.4, -0.2) is 49.5 Å². The summed E-state index contributed by atoms with van der Waals surface area (Å²) in [5, 5.41) is 17.2. The lowest BCUT2D eigenvalue weighted by molar-refractivity contribution is -0.143. The standard InChI is InChI=1S/C16H18N4O3/c1-11-5-4-6-12(9-11)20-10-13(17-18-20)15(21)19-8-3-2-7-14(19)16(22)23/h4-6,9-10,14H,2-3,7-8H2,1H3,(H,22,23)/t14-/m1/s1. The van der Waals surface area contributed by atoms with Crippen LogP contribution in [0.15, 0.2) is 30.5 Å². The van der Waals surface area contributed by atoms with Gasteiger partial charge in [-0.05, 0) is 43.9 Å². The number of benzene rings is 1. The van der Waals surface area contributed by atoms with Gasteiger partial charge in [-0.2, -0.15) is 0 Å². The molecule has 0 saturated carbocycles. The number of piperidine rings is 1. The average molecular weight is 314 g/mol. The van der Waals surface area contributed by atoms with Crippen molar-refractivity contribution in [1.29, 1.82) is 0 Å². The third-order valence-corrected chi connectivity index (χ3v) is 4.03. The van der Waals surface area contributed by atoms with Crippen LogP contribution >= 0.6 is 0 Å². The maximum absolute atomic E-state index is 12.6. The lowest BCUT2D eigenvalue weighted by Gasteiger charge is -2.32. The highest BCUT2D eigenvalue weighted by Gasteiger charge is 2.33. The van der Waals surface area contributed by atoms with Crippen molar-refractivity contribution in [2.24, 2.45) is 0 Å². The van der Waals surface area contributed by atoms with Crippen LogP contribution in [0.4, 0.5) is 0 Å². The van der Waals surface area contributed by atoms with E-state index in [0.29, 0.717) is 13.0 Å². The number of aliphatic carboxylic acids is 1. The van der Waals surface area contributed by atoms with Crippen LogP contribution in [0.25, 0.3) is 5.69 Å². The fourth-order valence-corrected chi connectivity index (χ4v) is 2.84. The average Bonchev–Trinajstić information content (AvgIpc) is 3.04. The van der Waals surface area contributed by atoms with Gasteiger partial charge < -0.3 is 10.0 Å². The van der Waals surface area contributed by atoms with Crippen molar-refractivity contribution in [3.63, 3.8) is 0 Å². The molecular weight excluding hydrogens is 296 g/mol. The van der Waals surface area contributed by atoms with E-state index >= 15 is 0 Å². The first-order chi connectivity index (χ1) is 11.1. The van der Waals surface area contributed by atoms with Crippen LogP contribution in [-0.2, 0) is 4.79 Å². The molecule has 0 unspecified atom stereocenters. The van der Waals surface area contributed by atoms with E-state index in [0.717, 1.165) is 24.1 Å². The van der Waals surface area contributed by atoms with Gasteiger partial charge in [0.25, 0.3) is 5.91 Å². The monoisotopic (exact) mass is 314 g/mol. The molecule has 1 aromatic carbocycles. The first-order valence-electron chi connectivity index (χ1n) is 7.59. The molecule has 1 aliphatic rings. The summed E-state index contributed by atoms with van der Waals surface area (Å²) in [6, 6.07) is 6.90. The molecule has 3 rings (SSSR count). The molecule has 1 N–H and O–H groups in total. The predicted octanol–water partition coefficient (Wildman–Crippen LogP) is 1.66. The molecular formula is C16H18N4O3. The van der Waals surface area contributed by atoms with E-state index in [-0.39, 0.29) is 11.6 Å². The number of hydrogen-bond acceptors (Lipinski definition) is 4. The number of aromatic nitrogens is 3. The van der Waals surface area contributed by atoms with Crippen LogP contribution < -0.4 is 0 Å². The van der Waals surface area contributed by atoms with Crippen molar-refractivity contribution in [2.45, 2.75) is 32.2 Å². The fraction of sp³-hybridized carbons (Fsp3) is 0.375. The minimum absolute atomic E-state index is 0.166. The summed E-state index contributed by atoms with van der Waals surface area (Å²) in [6.07, 6.45) is 3.65. The van der Waals surface area contributed by atoms with Crippen LogP contribution in [0.2, 0.25) is 0 Å². The molecule has 1 fully saturated rings. The zero-order valence-corrected chi connectivity index (χ0v) is 12.8. The summed E-state index contributed by atoms with van der Waals surface area (Å²) in [6.45, 7) is 2.41. The first kappa shape index (κ1) is 15.2. The zero-order chi connectivity index (χ0) is 16.4. The van der Waals surface area contributed by atoms with Crippen molar-refractivity contribution in [1.82, 2.24) is 19.9 Å². The van der Waals surface area contributed by atoms with Crippen LogP contribution in [0.1, 0.15) is 35.3 Å². The quantitative estimate of drug-likeness (QED) is 0.930. The Kier molecular flexibility index (Phi) is 4.10. The second kappa shape index (κ2) is 6.20. The number of nitrogens with zero attached hydrogens (tertiary/aromatic N) is 4. The van der Waals surface area contributed by atoms with Gasteiger partial charge in [0.15, 0.2) is 5.69 Å². The minimum atomic E-state index is -0.968. The molecule has 7 nitrogen and oxygen atoms in total. The third-order valence-electron chi connectivity index (χ3n) is 4.03. The Morgan fingerprint density at radius 3 is 2.87 bits per heavy atom. The number of carbonyl (C=O) groups is 2. The topological polar surface area (TPSA) is 88.3 Å². The van der Waals surface area contributed by atoms with Gasteiger partial charge in [-0.1, -0.05) is 17.3 Å². The Morgan fingerprint density at radius 1 is 1.30 bits per heavy atom. The van der Waals surface area contributed by atoms with Gasteiger partial charge in [0.05, 0.1) is 11.9 Å². The van der Waals surface area contributed by atoms with Gasteiger partial charge in [-0.3, -0.25) is 4.79 Å². The molecule has 2 heterocycles. The number of hydrogen-bond donors (Lipinski definition) is 1. The SMILES string of the molecule is Cc1cccc(-n2cc(C(=O)N3CCCC[C@@H]3C(=O)O)nn2)c1. The Bertz CT molecular complexity index is 740. The second-order valence-corrected chi connectivity index (χ2v) is 5.74. The molecule has 1 saturated heterocycles. The van der Waals surface area contributed by atoms with E-state index in [1.807, 2.05) is 31.2 Å². The Morgan fingerprint density at radius 2 is 2.13 bits per heavy atom. The molecule has 7 heteroatoms. The van der Waals surface area contributed by atoms with Gasteiger partial charge in [-0.15, -0.1) is 5.10 Å². The maximum atomic E-state index is 12.6. The predicted molar refractivity (Wildman–Crippen MR) is 82.4 cm³/mol. The van der Waals surface area contributed by atoms with Crippen molar-refractivity contribution < 1.29 is 14.7 Å². The van der Waals surface area contributed by atoms with E-state index < -0.39 is 12.0 Å². The lowest BCUT2D eigenvalue weighted by atomic mass is 10.0. The Balaban J connectivity index is 1.84. The van der Waals surface area contributed by atoms with Crippen molar-refractivity contribution in [2.75, 3.05) is 6.54 Å². The number of carboxylic acid groups (broad SMARTS) is 1. The summed E-state index contributed by atoms with van der Waals surface area (Å²) in [5.74, 6) is -1.35. The van der Waals surface area contributed by atoms with E-state index in [4.69, 9.17) is 0 Å². The summed E-state index contributed by atoms with van der Waals surface area (Å²) in [7, 11) is 0. The zero-order valence-electron chi connectivity index (χ0n) is 12.8. The van der Waals surface area contributed by atoms with Gasteiger partial charge in [-0.25, -0.2) is 9.48 Å². The number of likely N-dealkylation sites (tertiary alicyclic amines) is 1. The number of rotatable bonds is 3. The van der Waals surface area contributed by atoms with Crippen molar-refractivity contribution in [3.05, 3.63) is 41.7 Å². The van der Waals surface area contributed by atoms with Gasteiger partial charge in [0.1, 0.15) is 6.04 Å². The second-order valence-electron chi connectivity index (χ2n) is 5.74. The van der Waals surface area contributed by atoms with E-state index in [1.54, 1.807) is 6.20 Å². The molecule has 0 bridgehead atoms. The largest absolute Gasteiger partial charge is 0.480 e. The highest BCUT2D eigenvalue weighted by atomic mass is 16.4. The maximum Gasteiger partial charge on any atom is 0.326 e. The number of amides is 1. The van der Waals surface area contributed by atoms with Crippen LogP contribution in [0.3, 0.4) is 0 Å². The normalized spacial score (nSPS) is 18.0. The first-order valence-corrected chi connectivity index (χ1v) is 7.59. The number of carboxylic acids is 1. The van der Waals surface area contributed by atoms with E-state index in [2.05, 4.69) is 10.3 Å². The number of aryl methyl sites for hydroxylation is 1. The molecule has 120 valence electrons. The fourth-order valence-electron chi connectivity index (χ4n) is 2.84. The van der Waals surface area contributed by atoms with Crippen molar-refractivity contribution in [3.8, 4) is 5.69 Å². The molecule has 0 aliphatic carbocycles. The molecule has 1 aromatic heterocycles. The van der Waals surface area contributed by atoms with Gasteiger partial charge in [0, 0.05) is 6.54 Å². The summed E-state index contributed by atoms with van der Waals surface area (Å²) >= 11 is 0. The lowest BCUT2D eigenvalue weighted by Crippen LogP contribution is -2.48. The molecule has 2 aromatic rings. The highest BCUT2D eigenvalue weighted by Crippen LogP contribution is 2.19. The van der Waals surface area contributed by atoms with E-state index in [9.17, 15) is 14.7 Å². The van der Waals surface area contributed by atoms with E-state index in [1.165, 1.54) is 9.58 Å². The summed E-state index contributed by atoms with van der Waals surface area (Å²) in [4.78, 5) is 25.3. The van der Waals surface area contributed by atoms with Crippen molar-refractivity contribution >= 4 is 11.9 Å². The third kappa shape index (κ3) is 3.08. The van der Waals surface area contributed by atoms with Crippen LogP contribution in [0.5, 0.6) is 0 Å². The summed E-state index contributed by atoms with van der Waals surface area (Å²) < 4.78 is 1.53. The molecule has 1 amide bonds. The molecule has 1 aliphatic heterocycles. The van der Waals surface area contributed by atoms with Gasteiger partial charge in [0.2, 0.25) is 0 Å². The number of carbonyl (C=O) groups excluding carboxylic acids is 1.